The van der Waals surface area contributed by atoms with Crippen LogP contribution in [0, 0.1) is 17.5 Å². The third-order valence-electron chi connectivity index (χ3n) is 9.64. The second-order valence-electron chi connectivity index (χ2n) is 13.0. The van der Waals surface area contributed by atoms with Crippen molar-refractivity contribution in [1.82, 2.24) is 15.5 Å². The molecule has 0 bridgehead atoms. The van der Waals surface area contributed by atoms with Crippen LogP contribution in [0.2, 0.25) is 0 Å². The number of nitrogens with one attached hydrogen (secondary N) is 2. The van der Waals surface area contributed by atoms with Gasteiger partial charge >= 0.3 is 6.18 Å². The zero-order chi connectivity index (χ0) is 35.8. The van der Waals surface area contributed by atoms with Crippen LogP contribution >= 0.6 is 0 Å². The number of nitrogens with zero attached hydrogens (tertiary/aromatic N) is 1. The predicted octanol–water partition coefficient (Wildman–Crippen LogP) is 6.86. The van der Waals surface area contributed by atoms with E-state index >= 15 is 0 Å². The van der Waals surface area contributed by atoms with Crippen LogP contribution in [-0.2, 0) is 24.6 Å². The van der Waals surface area contributed by atoms with E-state index in [0.29, 0.717) is 42.0 Å². The number of fused-ring (bicyclic) bond motifs is 1. The maximum Gasteiger partial charge on any atom is 0.416 e. The lowest BCUT2D eigenvalue weighted by Gasteiger charge is -2.35. The van der Waals surface area contributed by atoms with E-state index in [4.69, 9.17) is 0 Å². The second kappa shape index (κ2) is 13.9. The highest BCUT2D eigenvalue weighted by molar-refractivity contribution is 6.03. The lowest BCUT2D eigenvalue weighted by molar-refractivity contribution is -0.137. The first-order valence-electron chi connectivity index (χ1n) is 16.3. The van der Waals surface area contributed by atoms with Crippen molar-refractivity contribution in [2.45, 2.75) is 62.5 Å². The lowest BCUT2D eigenvalue weighted by Crippen LogP contribution is -2.50. The van der Waals surface area contributed by atoms with Crippen LogP contribution in [0.5, 0.6) is 0 Å². The number of carbonyl (C=O) groups excluding carboxylic acids is 2. The zero-order valence-electron chi connectivity index (χ0n) is 27.0. The summed E-state index contributed by atoms with van der Waals surface area (Å²) in [6, 6.07) is 17.0. The van der Waals surface area contributed by atoms with Crippen LogP contribution in [-0.4, -0.2) is 47.1 Å². The first-order valence-corrected chi connectivity index (χ1v) is 16.3. The van der Waals surface area contributed by atoms with Crippen molar-refractivity contribution in [3.05, 3.63) is 141 Å². The number of amides is 2. The molecule has 0 radical (unpaired) electrons. The molecule has 0 spiro atoms. The fourth-order valence-corrected chi connectivity index (χ4v) is 6.69. The van der Waals surface area contributed by atoms with Crippen molar-refractivity contribution in [2.24, 2.45) is 0 Å². The molecule has 2 aliphatic rings. The first kappa shape index (κ1) is 35.2. The molecule has 262 valence electrons. The van der Waals surface area contributed by atoms with Gasteiger partial charge in [0, 0.05) is 35.8 Å². The number of alkyl halides is 3. The van der Waals surface area contributed by atoms with E-state index in [-0.39, 0.29) is 42.6 Å². The number of halogens is 6. The number of hydrogen-bond acceptors (Lipinski definition) is 4. The SMILES string of the molecule is CC(c1ccc(F)cc1)N1CCc2c(C(=O)N[C@@H](Cc3cc(F)cc(F)c3)[C@@H](O)CNC3(c4cccc(C(F)(F)F)c4)CC3)cccc2C1=O. The molecule has 4 aromatic carbocycles. The Morgan fingerprint density at radius 2 is 1.60 bits per heavy atom. The van der Waals surface area contributed by atoms with Gasteiger partial charge in [0.25, 0.3) is 11.8 Å². The Morgan fingerprint density at radius 3 is 2.26 bits per heavy atom. The molecule has 1 aliphatic heterocycles. The molecule has 1 heterocycles. The van der Waals surface area contributed by atoms with Crippen molar-refractivity contribution < 1.29 is 41.0 Å². The minimum Gasteiger partial charge on any atom is -0.390 e. The van der Waals surface area contributed by atoms with Gasteiger partial charge in [0.1, 0.15) is 17.5 Å². The monoisotopic (exact) mass is 695 g/mol. The average Bonchev–Trinajstić information content (AvgIpc) is 3.87. The Kier molecular flexibility index (Phi) is 9.78. The molecule has 2 amide bonds. The van der Waals surface area contributed by atoms with E-state index in [1.165, 1.54) is 18.2 Å². The summed E-state index contributed by atoms with van der Waals surface area (Å²) in [7, 11) is 0. The molecular formula is C38H35F6N3O3. The lowest BCUT2D eigenvalue weighted by atomic mass is 9.91. The molecule has 3 atom stereocenters. The Bertz CT molecular complexity index is 1870. The highest BCUT2D eigenvalue weighted by Crippen LogP contribution is 2.46. The zero-order valence-corrected chi connectivity index (χ0v) is 27.0. The number of rotatable bonds is 11. The highest BCUT2D eigenvalue weighted by atomic mass is 19.4. The van der Waals surface area contributed by atoms with Crippen molar-refractivity contribution in [1.29, 1.82) is 0 Å². The van der Waals surface area contributed by atoms with Crippen molar-refractivity contribution >= 4 is 11.8 Å². The van der Waals surface area contributed by atoms with Crippen molar-refractivity contribution in [2.75, 3.05) is 13.1 Å². The second-order valence-corrected chi connectivity index (χ2v) is 13.0. The van der Waals surface area contributed by atoms with Gasteiger partial charge < -0.3 is 20.6 Å². The van der Waals surface area contributed by atoms with Gasteiger partial charge in [-0.3, -0.25) is 9.59 Å². The Morgan fingerprint density at radius 1 is 0.920 bits per heavy atom. The van der Waals surface area contributed by atoms with Gasteiger partial charge in [0.05, 0.1) is 23.8 Å². The van der Waals surface area contributed by atoms with E-state index < -0.39 is 52.8 Å². The molecule has 1 fully saturated rings. The number of benzene rings is 4. The molecular weight excluding hydrogens is 660 g/mol. The van der Waals surface area contributed by atoms with Crippen molar-refractivity contribution in [3.8, 4) is 0 Å². The Balaban J connectivity index is 1.22. The van der Waals surface area contributed by atoms with Crippen LogP contribution in [0.25, 0.3) is 0 Å². The summed E-state index contributed by atoms with van der Waals surface area (Å²) in [6.45, 7) is 1.96. The third kappa shape index (κ3) is 7.56. The summed E-state index contributed by atoms with van der Waals surface area (Å²) in [6.07, 6.45) is -4.65. The summed E-state index contributed by atoms with van der Waals surface area (Å²) in [5.74, 6) is -2.99. The average molecular weight is 696 g/mol. The molecule has 0 aromatic heterocycles. The minimum absolute atomic E-state index is 0.152. The molecule has 6 nitrogen and oxygen atoms in total. The summed E-state index contributed by atoms with van der Waals surface area (Å²) in [5, 5.41) is 17.4. The quantitative estimate of drug-likeness (QED) is 0.150. The molecule has 0 saturated heterocycles. The maximum atomic E-state index is 14.1. The van der Waals surface area contributed by atoms with Gasteiger partial charge in [-0.15, -0.1) is 0 Å². The third-order valence-corrected chi connectivity index (χ3v) is 9.64. The summed E-state index contributed by atoms with van der Waals surface area (Å²) < 4.78 is 82.0. The smallest absolute Gasteiger partial charge is 0.390 e. The molecule has 4 aromatic rings. The Hall–Kier alpha value is -4.68. The van der Waals surface area contributed by atoms with E-state index in [9.17, 15) is 41.0 Å². The molecule has 6 rings (SSSR count). The van der Waals surface area contributed by atoms with Crippen LogP contribution in [0.4, 0.5) is 26.3 Å². The van der Waals surface area contributed by atoms with Gasteiger partial charge in [-0.2, -0.15) is 13.2 Å². The number of aliphatic hydroxyl groups is 1. The summed E-state index contributed by atoms with van der Waals surface area (Å²) in [4.78, 5) is 29.1. The van der Waals surface area contributed by atoms with Crippen molar-refractivity contribution in [3.63, 3.8) is 0 Å². The maximum absolute atomic E-state index is 14.1. The minimum atomic E-state index is -4.53. The molecule has 12 heteroatoms. The van der Waals surface area contributed by atoms with E-state index in [2.05, 4.69) is 10.6 Å². The number of aliphatic hydroxyl groups excluding tert-OH is 1. The summed E-state index contributed by atoms with van der Waals surface area (Å²) >= 11 is 0. The van der Waals surface area contributed by atoms with Crippen LogP contribution < -0.4 is 10.6 Å². The van der Waals surface area contributed by atoms with Gasteiger partial charge in [-0.1, -0.05) is 30.3 Å². The topological polar surface area (TPSA) is 81.7 Å². The number of hydrogen-bond donors (Lipinski definition) is 3. The fourth-order valence-electron chi connectivity index (χ4n) is 6.69. The van der Waals surface area contributed by atoms with Crippen LogP contribution in [0.1, 0.15) is 74.3 Å². The number of carbonyl (C=O) groups is 2. The standard InChI is InChI=1S/C38H35F6N3O3/c1-22(24-8-10-27(39)11-9-24)47-15-12-30-31(6-3-7-32(30)36(47)50)35(49)46-33(18-23-16-28(40)20-29(41)17-23)34(48)21-45-37(13-14-37)25-4-2-5-26(19-25)38(42,43)44/h2-11,16-17,19-20,22,33-34,45,48H,12-15,18,21H2,1H3,(H,46,49)/t22?,33-,34-/m0/s1. The first-order chi connectivity index (χ1) is 23.7. The molecule has 1 saturated carbocycles. The van der Waals surface area contributed by atoms with E-state index in [0.717, 1.165) is 29.8 Å². The predicted molar refractivity (Wildman–Crippen MR) is 174 cm³/mol. The fraction of sp³-hybridized carbons (Fsp3) is 0.316. The van der Waals surface area contributed by atoms with E-state index in [1.54, 1.807) is 41.3 Å². The van der Waals surface area contributed by atoms with Crippen LogP contribution in [0.3, 0.4) is 0 Å². The molecule has 1 unspecified atom stereocenters. The van der Waals surface area contributed by atoms with Gasteiger partial charge in [-0.25, -0.2) is 13.2 Å². The highest BCUT2D eigenvalue weighted by Gasteiger charge is 2.45. The Labute approximate surface area is 285 Å². The molecule has 1 aliphatic carbocycles. The summed E-state index contributed by atoms with van der Waals surface area (Å²) in [5.41, 5.74) is 0.748. The van der Waals surface area contributed by atoms with Crippen LogP contribution in [0.15, 0.2) is 84.9 Å². The van der Waals surface area contributed by atoms with Gasteiger partial charge in [0.2, 0.25) is 0 Å². The van der Waals surface area contributed by atoms with E-state index in [1.807, 2.05) is 6.92 Å². The van der Waals surface area contributed by atoms with Gasteiger partial charge in [0.15, 0.2) is 0 Å². The normalized spacial score (nSPS) is 17.1. The molecule has 50 heavy (non-hydrogen) atoms. The van der Waals surface area contributed by atoms with Gasteiger partial charge in [-0.05, 0) is 103 Å². The largest absolute Gasteiger partial charge is 0.416 e. The molecule has 3 N–H and O–H groups in total.